The van der Waals surface area contributed by atoms with Crippen molar-refractivity contribution < 1.29 is 19.4 Å². The van der Waals surface area contributed by atoms with Crippen LogP contribution in [-0.2, 0) is 14.3 Å². The van der Waals surface area contributed by atoms with Crippen LogP contribution in [0, 0.1) is 17.3 Å². The molecule has 0 saturated heterocycles. The van der Waals surface area contributed by atoms with Crippen LogP contribution in [-0.4, -0.2) is 23.7 Å². The largest absolute Gasteiger partial charge is 0.481 e. The molecule has 2 aliphatic carbocycles. The van der Waals surface area contributed by atoms with Crippen LogP contribution >= 0.6 is 0 Å². The van der Waals surface area contributed by atoms with Crippen molar-refractivity contribution in [3.63, 3.8) is 0 Å². The molecule has 0 radical (unpaired) electrons. The topological polar surface area (TPSA) is 63.6 Å². The first-order valence-corrected chi connectivity index (χ1v) is 5.46. The van der Waals surface area contributed by atoms with Crippen molar-refractivity contribution >= 4 is 11.9 Å². The number of carboxylic acids is 1. The Kier molecular flexibility index (Phi) is 2.44. The van der Waals surface area contributed by atoms with Crippen LogP contribution in [0.4, 0.5) is 0 Å². The molecule has 2 fully saturated rings. The van der Waals surface area contributed by atoms with E-state index in [0.29, 0.717) is 6.61 Å². The zero-order chi connectivity index (χ0) is 11.1. The maximum absolute atomic E-state index is 11.3. The summed E-state index contributed by atoms with van der Waals surface area (Å²) in [6.45, 7) is 2.23. The molecule has 0 heterocycles. The minimum absolute atomic E-state index is 0.0275. The van der Waals surface area contributed by atoms with Gasteiger partial charge in [-0.25, -0.2) is 0 Å². The summed E-state index contributed by atoms with van der Waals surface area (Å²) in [6, 6.07) is 0. The smallest absolute Gasteiger partial charge is 0.308 e. The Morgan fingerprint density at radius 1 is 1.27 bits per heavy atom. The van der Waals surface area contributed by atoms with Gasteiger partial charge in [0.15, 0.2) is 0 Å². The molecule has 0 bridgehead atoms. The van der Waals surface area contributed by atoms with Gasteiger partial charge in [-0.3, -0.25) is 9.59 Å². The van der Waals surface area contributed by atoms with Gasteiger partial charge in [-0.1, -0.05) is 0 Å². The molecule has 0 unspecified atom stereocenters. The van der Waals surface area contributed by atoms with E-state index in [1.807, 2.05) is 0 Å². The second-order valence-electron chi connectivity index (χ2n) is 4.80. The summed E-state index contributed by atoms with van der Waals surface area (Å²) in [7, 11) is 0. The molecule has 0 aliphatic heterocycles. The molecule has 2 rings (SSSR count). The third-order valence-corrected chi connectivity index (χ3v) is 3.69. The molecule has 0 amide bonds. The number of hydrogen-bond donors (Lipinski definition) is 1. The first kappa shape index (κ1) is 10.5. The molecule has 0 aromatic carbocycles. The molecule has 0 aromatic heterocycles. The highest BCUT2D eigenvalue weighted by Crippen LogP contribution is 2.61. The number of carboxylic acid groups (broad SMARTS) is 1. The van der Waals surface area contributed by atoms with E-state index >= 15 is 0 Å². The molecule has 84 valence electrons. The number of aliphatic carboxylic acids is 1. The van der Waals surface area contributed by atoms with Crippen molar-refractivity contribution in [3.8, 4) is 0 Å². The zero-order valence-corrected chi connectivity index (χ0v) is 8.86. The summed E-state index contributed by atoms with van der Waals surface area (Å²) in [6.07, 6.45) is 3.15. The summed E-state index contributed by atoms with van der Waals surface area (Å²) in [4.78, 5) is 22.0. The highest BCUT2D eigenvalue weighted by atomic mass is 16.5. The zero-order valence-electron chi connectivity index (χ0n) is 8.86. The Hall–Kier alpha value is -1.06. The number of rotatable bonds is 3. The minimum Gasteiger partial charge on any atom is -0.481 e. The second-order valence-corrected chi connectivity index (χ2v) is 4.80. The van der Waals surface area contributed by atoms with Gasteiger partial charge in [0.1, 0.15) is 0 Å². The summed E-state index contributed by atoms with van der Waals surface area (Å²) < 4.78 is 4.93. The fraction of sp³-hybridized carbons (Fsp3) is 0.818. The van der Waals surface area contributed by atoms with Crippen molar-refractivity contribution in [3.05, 3.63) is 0 Å². The highest BCUT2D eigenvalue weighted by molar-refractivity contribution is 5.75. The van der Waals surface area contributed by atoms with E-state index in [0.717, 1.165) is 25.7 Å². The van der Waals surface area contributed by atoms with E-state index < -0.39 is 5.97 Å². The third kappa shape index (κ3) is 1.73. The molecule has 15 heavy (non-hydrogen) atoms. The number of ether oxygens (including phenoxy) is 1. The maximum Gasteiger partial charge on any atom is 0.308 e. The lowest BCUT2D eigenvalue weighted by molar-refractivity contribution is -0.170. The van der Waals surface area contributed by atoms with Crippen molar-refractivity contribution in [1.82, 2.24) is 0 Å². The van der Waals surface area contributed by atoms with E-state index in [2.05, 4.69) is 0 Å². The standard InChI is InChI=1S/C11H16O4/c1-2-15-10(14)8-5-11(6-8)3-7(4-11)9(12)13/h7-8H,2-6H2,1H3,(H,12,13). The lowest BCUT2D eigenvalue weighted by Crippen LogP contribution is -2.51. The van der Waals surface area contributed by atoms with Crippen molar-refractivity contribution in [2.75, 3.05) is 6.61 Å². The maximum atomic E-state index is 11.3. The molecule has 0 aromatic rings. The van der Waals surface area contributed by atoms with Gasteiger partial charge in [-0.05, 0) is 38.0 Å². The van der Waals surface area contributed by atoms with Crippen LogP contribution in [0.5, 0.6) is 0 Å². The molecule has 1 spiro atoms. The summed E-state index contributed by atoms with van der Waals surface area (Å²) in [5, 5.41) is 8.75. The van der Waals surface area contributed by atoms with Crippen molar-refractivity contribution in [2.45, 2.75) is 32.6 Å². The first-order chi connectivity index (χ1) is 7.06. The fourth-order valence-electron chi connectivity index (χ4n) is 2.91. The molecule has 4 heteroatoms. The Bertz CT molecular complexity index is 283. The lowest BCUT2D eigenvalue weighted by atomic mass is 9.48. The van der Waals surface area contributed by atoms with E-state index in [-0.39, 0.29) is 23.2 Å². The van der Waals surface area contributed by atoms with Gasteiger partial charge in [0.05, 0.1) is 18.4 Å². The normalized spacial score (nSPS) is 37.9. The van der Waals surface area contributed by atoms with Crippen LogP contribution in [0.1, 0.15) is 32.6 Å². The van der Waals surface area contributed by atoms with Gasteiger partial charge < -0.3 is 9.84 Å². The van der Waals surface area contributed by atoms with Gasteiger partial charge in [0.2, 0.25) is 0 Å². The first-order valence-electron chi connectivity index (χ1n) is 5.46. The molecule has 4 nitrogen and oxygen atoms in total. The van der Waals surface area contributed by atoms with E-state index in [1.165, 1.54) is 0 Å². The molecular weight excluding hydrogens is 196 g/mol. The quantitative estimate of drug-likeness (QED) is 0.719. The summed E-state index contributed by atoms with van der Waals surface area (Å²) >= 11 is 0. The van der Waals surface area contributed by atoms with Gasteiger partial charge in [-0.15, -0.1) is 0 Å². The molecule has 1 N–H and O–H groups in total. The van der Waals surface area contributed by atoms with Gasteiger partial charge in [-0.2, -0.15) is 0 Å². The van der Waals surface area contributed by atoms with Crippen LogP contribution < -0.4 is 0 Å². The third-order valence-electron chi connectivity index (χ3n) is 3.69. The van der Waals surface area contributed by atoms with Crippen LogP contribution in [0.25, 0.3) is 0 Å². The predicted octanol–water partition coefficient (Wildman–Crippen LogP) is 1.44. The average Bonchev–Trinajstić information content (AvgIpc) is 1.98. The van der Waals surface area contributed by atoms with Gasteiger partial charge in [0.25, 0.3) is 0 Å². The average molecular weight is 212 g/mol. The second kappa shape index (κ2) is 3.51. The van der Waals surface area contributed by atoms with Crippen LogP contribution in [0.2, 0.25) is 0 Å². The van der Waals surface area contributed by atoms with E-state index in [4.69, 9.17) is 9.84 Å². The molecule has 0 atom stereocenters. The Morgan fingerprint density at radius 3 is 2.27 bits per heavy atom. The number of carbonyl (C=O) groups excluding carboxylic acids is 1. The Balaban J connectivity index is 1.75. The monoisotopic (exact) mass is 212 g/mol. The van der Waals surface area contributed by atoms with E-state index in [1.54, 1.807) is 6.92 Å². The molecule has 2 aliphatic rings. The lowest BCUT2D eigenvalue weighted by Gasteiger charge is -2.55. The Labute approximate surface area is 88.6 Å². The Morgan fingerprint density at radius 2 is 1.80 bits per heavy atom. The van der Waals surface area contributed by atoms with E-state index in [9.17, 15) is 9.59 Å². The molecule has 2 saturated carbocycles. The summed E-state index contributed by atoms with van der Waals surface area (Å²) in [5.74, 6) is -0.949. The van der Waals surface area contributed by atoms with Gasteiger partial charge >= 0.3 is 11.9 Å². The number of esters is 1. The minimum atomic E-state index is -0.694. The predicted molar refractivity (Wildman–Crippen MR) is 52.1 cm³/mol. The van der Waals surface area contributed by atoms with Crippen LogP contribution in [0.3, 0.4) is 0 Å². The summed E-state index contributed by atoms with van der Waals surface area (Å²) in [5.41, 5.74) is 0.167. The SMILES string of the molecule is CCOC(=O)C1CC2(CC(C(=O)O)C2)C1. The highest BCUT2D eigenvalue weighted by Gasteiger charge is 2.56. The van der Waals surface area contributed by atoms with Crippen LogP contribution in [0.15, 0.2) is 0 Å². The number of hydrogen-bond acceptors (Lipinski definition) is 3. The number of carbonyl (C=O) groups is 2. The van der Waals surface area contributed by atoms with Gasteiger partial charge in [0, 0.05) is 0 Å². The van der Waals surface area contributed by atoms with Crippen molar-refractivity contribution in [2.24, 2.45) is 17.3 Å². The fourth-order valence-corrected chi connectivity index (χ4v) is 2.91. The molecular formula is C11H16O4. The van der Waals surface area contributed by atoms with Crippen molar-refractivity contribution in [1.29, 1.82) is 0 Å².